The van der Waals surface area contributed by atoms with Gasteiger partial charge in [-0.2, -0.15) is 0 Å². The molecule has 0 unspecified atom stereocenters. The Balaban J connectivity index is 1.88. The van der Waals surface area contributed by atoms with Gasteiger partial charge in [0.25, 0.3) is 0 Å². The topological polar surface area (TPSA) is 41.1 Å². The van der Waals surface area contributed by atoms with E-state index in [0.717, 1.165) is 37.9 Å². The summed E-state index contributed by atoms with van der Waals surface area (Å²) in [7, 11) is 0. The molecule has 0 saturated heterocycles. The van der Waals surface area contributed by atoms with Crippen LogP contribution in [0.2, 0.25) is 0 Å². The second kappa shape index (κ2) is 6.15. The summed E-state index contributed by atoms with van der Waals surface area (Å²) in [4.78, 5) is 12.2. The van der Waals surface area contributed by atoms with E-state index in [1.807, 2.05) is 6.07 Å². The van der Waals surface area contributed by atoms with Crippen LogP contribution in [0.5, 0.6) is 0 Å². The molecule has 1 saturated carbocycles. The van der Waals surface area contributed by atoms with Crippen molar-refractivity contribution in [1.29, 1.82) is 0 Å². The number of nitrogens with one attached hydrogen (secondary N) is 2. The molecule has 4 heteroatoms. The predicted octanol–water partition coefficient (Wildman–Crippen LogP) is 1.97. The monoisotopic (exact) mass is 264 g/mol. The highest BCUT2D eigenvalue weighted by Crippen LogP contribution is 2.48. The van der Waals surface area contributed by atoms with Gasteiger partial charge < -0.3 is 10.6 Å². The summed E-state index contributed by atoms with van der Waals surface area (Å²) in [5.74, 6) is -0.252. The molecule has 1 aliphatic carbocycles. The molecule has 1 aromatic rings. The number of halogens is 1. The molecule has 1 amide bonds. The second-order valence-electron chi connectivity index (χ2n) is 5.10. The highest BCUT2D eigenvalue weighted by atomic mass is 19.1. The van der Waals surface area contributed by atoms with E-state index < -0.39 is 5.41 Å². The average Bonchev–Trinajstić information content (AvgIpc) is 3.20. The Kier molecular flexibility index (Phi) is 4.53. The van der Waals surface area contributed by atoms with E-state index in [0.29, 0.717) is 6.54 Å². The van der Waals surface area contributed by atoms with Gasteiger partial charge in [-0.1, -0.05) is 19.1 Å². The Morgan fingerprint density at radius 3 is 2.74 bits per heavy atom. The average molecular weight is 264 g/mol. The number of rotatable bonds is 7. The minimum Gasteiger partial charge on any atom is -0.354 e. The summed E-state index contributed by atoms with van der Waals surface area (Å²) in [6.07, 6.45) is 2.70. The van der Waals surface area contributed by atoms with Crippen LogP contribution in [-0.2, 0) is 10.2 Å². The van der Waals surface area contributed by atoms with Gasteiger partial charge in [-0.25, -0.2) is 4.39 Å². The third kappa shape index (κ3) is 3.32. The van der Waals surface area contributed by atoms with E-state index >= 15 is 0 Å². The standard InChI is InChI=1S/C15H21FN2O/c1-2-8-17-9-10-18-14(19)15(6-7-15)12-4-3-5-13(16)11-12/h3-5,11,17H,2,6-10H2,1H3,(H,18,19). The van der Waals surface area contributed by atoms with Gasteiger partial charge >= 0.3 is 0 Å². The summed E-state index contributed by atoms with van der Waals surface area (Å²) in [5, 5.41) is 6.17. The van der Waals surface area contributed by atoms with Gasteiger partial charge in [0.1, 0.15) is 5.82 Å². The van der Waals surface area contributed by atoms with Crippen molar-refractivity contribution < 1.29 is 9.18 Å². The molecular weight excluding hydrogens is 243 g/mol. The lowest BCUT2D eigenvalue weighted by molar-refractivity contribution is -0.123. The number of amides is 1. The van der Waals surface area contributed by atoms with Crippen LogP contribution in [0.3, 0.4) is 0 Å². The molecule has 2 rings (SSSR count). The van der Waals surface area contributed by atoms with E-state index in [2.05, 4.69) is 17.6 Å². The maximum atomic E-state index is 13.2. The van der Waals surface area contributed by atoms with Crippen LogP contribution in [0, 0.1) is 5.82 Å². The predicted molar refractivity (Wildman–Crippen MR) is 73.5 cm³/mol. The maximum Gasteiger partial charge on any atom is 0.230 e. The number of carbonyl (C=O) groups is 1. The molecule has 0 heterocycles. The molecule has 3 nitrogen and oxygen atoms in total. The van der Waals surface area contributed by atoms with Crippen molar-refractivity contribution in [3.05, 3.63) is 35.6 Å². The van der Waals surface area contributed by atoms with Crippen LogP contribution in [0.4, 0.5) is 4.39 Å². The lowest BCUT2D eigenvalue weighted by atomic mass is 9.95. The highest BCUT2D eigenvalue weighted by molar-refractivity contribution is 5.91. The van der Waals surface area contributed by atoms with Crippen LogP contribution in [0.15, 0.2) is 24.3 Å². The molecule has 0 radical (unpaired) electrons. The van der Waals surface area contributed by atoms with Crippen molar-refractivity contribution in [2.45, 2.75) is 31.6 Å². The van der Waals surface area contributed by atoms with E-state index in [9.17, 15) is 9.18 Å². The van der Waals surface area contributed by atoms with Crippen LogP contribution < -0.4 is 10.6 Å². The van der Waals surface area contributed by atoms with Gasteiger partial charge in [-0.15, -0.1) is 0 Å². The van der Waals surface area contributed by atoms with E-state index in [1.54, 1.807) is 6.07 Å². The molecule has 1 aromatic carbocycles. The first-order valence-corrected chi connectivity index (χ1v) is 6.94. The summed E-state index contributed by atoms with van der Waals surface area (Å²) in [6.45, 7) is 4.47. The van der Waals surface area contributed by atoms with Crippen LogP contribution in [0.25, 0.3) is 0 Å². The fraction of sp³-hybridized carbons (Fsp3) is 0.533. The van der Waals surface area contributed by atoms with Crippen molar-refractivity contribution in [2.24, 2.45) is 0 Å². The van der Waals surface area contributed by atoms with E-state index in [1.165, 1.54) is 12.1 Å². The zero-order valence-electron chi connectivity index (χ0n) is 11.3. The third-order valence-electron chi connectivity index (χ3n) is 3.58. The molecule has 0 spiro atoms. The molecule has 0 aliphatic heterocycles. The zero-order valence-corrected chi connectivity index (χ0v) is 11.3. The van der Waals surface area contributed by atoms with Crippen molar-refractivity contribution in [3.63, 3.8) is 0 Å². The molecule has 0 aromatic heterocycles. The summed E-state index contributed by atoms with van der Waals surface area (Å²) >= 11 is 0. The minimum absolute atomic E-state index is 0.0244. The van der Waals surface area contributed by atoms with E-state index in [4.69, 9.17) is 0 Å². The van der Waals surface area contributed by atoms with Crippen molar-refractivity contribution in [2.75, 3.05) is 19.6 Å². The lowest BCUT2D eigenvalue weighted by Gasteiger charge is -2.16. The lowest BCUT2D eigenvalue weighted by Crippen LogP contribution is -2.38. The number of carbonyl (C=O) groups excluding carboxylic acids is 1. The minimum atomic E-state index is -0.479. The molecule has 0 atom stereocenters. The first kappa shape index (κ1) is 14.0. The molecule has 1 aliphatic rings. The van der Waals surface area contributed by atoms with Crippen LogP contribution >= 0.6 is 0 Å². The number of hydrogen-bond donors (Lipinski definition) is 2. The van der Waals surface area contributed by atoms with Gasteiger partial charge in [0.2, 0.25) is 5.91 Å². The second-order valence-corrected chi connectivity index (χ2v) is 5.10. The Bertz CT molecular complexity index is 444. The van der Waals surface area contributed by atoms with Crippen molar-refractivity contribution in [3.8, 4) is 0 Å². The largest absolute Gasteiger partial charge is 0.354 e. The van der Waals surface area contributed by atoms with Crippen molar-refractivity contribution >= 4 is 5.91 Å². The number of benzene rings is 1. The Morgan fingerprint density at radius 1 is 1.32 bits per heavy atom. The third-order valence-corrected chi connectivity index (χ3v) is 3.58. The summed E-state index contributed by atoms with van der Waals surface area (Å²) in [5.41, 5.74) is 0.318. The molecule has 104 valence electrons. The SMILES string of the molecule is CCCNCCNC(=O)C1(c2cccc(F)c2)CC1. The van der Waals surface area contributed by atoms with Crippen LogP contribution in [-0.4, -0.2) is 25.5 Å². The summed E-state index contributed by atoms with van der Waals surface area (Å²) in [6, 6.07) is 6.39. The molecule has 19 heavy (non-hydrogen) atoms. The highest BCUT2D eigenvalue weighted by Gasteiger charge is 2.51. The quantitative estimate of drug-likeness (QED) is 0.739. The van der Waals surface area contributed by atoms with E-state index in [-0.39, 0.29) is 11.7 Å². The summed E-state index contributed by atoms with van der Waals surface area (Å²) < 4.78 is 13.2. The van der Waals surface area contributed by atoms with Gasteiger partial charge in [-0.3, -0.25) is 4.79 Å². The number of hydrogen-bond acceptors (Lipinski definition) is 2. The molecule has 0 bridgehead atoms. The zero-order chi connectivity index (χ0) is 13.7. The van der Waals surface area contributed by atoms with Gasteiger partial charge in [0, 0.05) is 13.1 Å². The molecule has 2 N–H and O–H groups in total. The Labute approximate surface area is 113 Å². The van der Waals surface area contributed by atoms with Crippen molar-refractivity contribution in [1.82, 2.24) is 10.6 Å². The Hall–Kier alpha value is -1.42. The maximum absolute atomic E-state index is 13.2. The van der Waals surface area contributed by atoms with Gasteiger partial charge in [0.05, 0.1) is 5.41 Å². The first-order valence-electron chi connectivity index (χ1n) is 6.94. The Morgan fingerprint density at radius 2 is 2.11 bits per heavy atom. The molecular formula is C15H21FN2O. The molecule has 1 fully saturated rings. The van der Waals surface area contributed by atoms with Gasteiger partial charge in [-0.05, 0) is 43.5 Å². The fourth-order valence-electron chi connectivity index (χ4n) is 2.29. The van der Waals surface area contributed by atoms with Crippen LogP contribution in [0.1, 0.15) is 31.7 Å². The smallest absolute Gasteiger partial charge is 0.230 e. The van der Waals surface area contributed by atoms with Gasteiger partial charge in [0.15, 0.2) is 0 Å². The fourth-order valence-corrected chi connectivity index (χ4v) is 2.29. The first-order chi connectivity index (χ1) is 9.19. The normalized spacial score (nSPS) is 16.1.